The average molecular weight is 321 g/mol. The van der Waals surface area contributed by atoms with Gasteiger partial charge >= 0.3 is 0 Å². The monoisotopic (exact) mass is 321 g/mol. The summed E-state index contributed by atoms with van der Waals surface area (Å²) in [5.41, 5.74) is 8.69. The Morgan fingerprint density at radius 2 is 1.96 bits per heavy atom. The molecule has 0 aromatic heterocycles. The lowest BCUT2D eigenvalue weighted by Crippen LogP contribution is -2.50. The van der Waals surface area contributed by atoms with E-state index in [9.17, 15) is 14.6 Å². The molecule has 6 atom stereocenters. The Bertz CT molecular complexity index is 598. The molecule has 4 rings (SSSR count). The van der Waals surface area contributed by atoms with Gasteiger partial charge in [0.1, 0.15) is 6.17 Å². The van der Waals surface area contributed by atoms with Crippen molar-refractivity contribution in [3.05, 3.63) is 23.3 Å². The summed E-state index contributed by atoms with van der Waals surface area (Å²) >= 11 is 0. The molecule has 3 nitrogen and oxygen atoms in total. The maximum absolute atomic E-state index is 14.3. The van der Waals surface area contributed by atoms with Crippen molar-refractivity contribution in [2.45, 2.75) is 70.4 Å². The second-order valence-electron chi connectivity index (χ2n) is 8.78. The molecule has 0 aromatic rings. The van der Waals surface area contributed by atoms with Crippen LogP contribution in [-0.4, -0.2) is 28.2 Å². The summed E-state index contributed by atoms with van der Waals surface area (Å²) in [6.45, 7) is 4.39. The van der Waals surface area contributed by atoms with Crippen LogP contribution in [-0.2, 0) is 0 Å². The Hall–Kier alpha value is -0.710. The molecule has 0 unspecified atom stereocenters. The zero-order chi connectivity index (χ0) is 16.6. The molecule has 0 heterocycles. The van der Waals surface area contributed by atoms with Crippen molar-refractivity contribution in [3.63, 3.8) is 0 Å². The van der Waals surface area contributed by atoms with Crippen LogP contribution in [0.4, 0.5) is 4.39 Å². The van der Waals surface area contributed by atoms with Crippen molar-refractivity contribution in [1.29, 1.82) is 0 Å². The summed E-state index contributed by atoms with van der Waals surface area (Å²) in [7, 11) is 0. The van der Waals surface area contributed by atoms with Crippen LogP contribution in [0, 0.1) is 22.7 Å². The number of fused-ring (bicyclic) bond motifs is 4. The van der Waals surface area contributed by atoms with E-state index in [4.69, 9.17) is 5.73 Å². The standard InChI is InChI=1S/C19H28FNO2/c1-17-7-8-19(22,23)10-11(17)3-4-12-13(17)5-6-18(2)14(12)9-15(20)16(18)21/h7-8,11,13,15-16,22-23H,3-6,9-10,21H2,1-2H3/t11-,13+,15-,16+,17+,18+/m1/s1. The molecule has 23 heavy (non-hydrogen) atoms. The van der Waals surface area contributed by atoms with Crippen molar-refractivity contribution in [2.24, 2.45) is 28.4 Å². The molecular weight excluding hydrogens is 293 g/mol. The van der Waals surface area contributed by atoms with Crippen LogP contribution in [0.1, 0.15) is 52.4 Å². The lowest BCUT2D eigenvalue weighted by Gasteiger charge is -2.55. The van der Waals surface area contributed by atoms with Gasteiger partial charge in [0.25, 0.3) is 0 Å². The van der Waals surface area contributed by atoms with Gasteiger partial charge in [0.15, 0.2) is 5.79 Å². The van der Waals surface area contributed by atoms with E-state index in [1.807, 2.05) is 6.08 Å². The lowest BCUT2D eigenvalue weighted by atomic mass is 9.51. The molecule has 0 bridgehead atoms. The smallest absolute Gasteiger partial charge is 0.182 e. The molecule has 4 N–H and O–H groups in total. The van der Waals surface area contributed by atoms with Gasteiger partial charge in [-0.05, 0) is 49.0 Å². The van der Waals surface area contributed by atoms with E-state index in [0.717, 1.165) is 25.7 Å². The second-order valence-corrected chi connectivity index (χ2v) is 8.78. The molecule has 0 aromatic carbocycles. The number of halogens is 1. The van der Waals surface area contributed by atoms with Crippen LogP contribution in [0.25, 0.3) is 0 Å². The molecule has 2 saturated carbocycles. The van der Waals surface area contributed by atoms with Gasteiger partial charge in [-0.1, -0.05) is 31.1 Å². The van der Waals surface area contributed by atoms with E-state index in [1.165, 1.54) is 11.1 Å². The zero-order valence-corrected chi connectivity index (χ0v) is 14.1. The number of rotatable bonds is 0. The molecule has 0 spiro atoms. The van der Waals surface area contributed by atoms with Gasteiger partial charge in [-0.2, -0.15) is 0 Å². The number of hydrogen-bond acceptors (Lipinski definition) is 3. The minimum atomic E-state index is -1.67. The fourth-order valence-electron chi connectivity index (χ4n) is 6.05. The summed E-state index contributed by atoms with van der Waals surface area (Å²) in [5, 5.41) is 20.0. The maximum Gasteiger partial charge on any atom is 0.182 e. The van der Waals surface area contributed by atoms with Crippen LogP contribution in [0.3, 0.4) is 0 Å². The largest absolute Gasteiger partial charge is 0.362 e. The Morgan fingerprint density at radius 1 is 1.22 bits per heavy atom. The highest BCUT2D eigenvalue weighted by Crippen LogP contribution is 2.62. The third-order valence-corrected chi connectivity index (χ3v) is 7.62. The van der Waals surface area contributed by atoms with E-state index in [1.54, 1.807) is 6.08 Å². The Balaban J connectivity index is 1.78. The predicted molar refractivity (Wildman–Crippen MR) is 87.1 cm³/mol. The van der Waals surface area contributed by atoms with Crippen LogP contribution in [0.2, 0.25) is 0 Å². The number of alkyl halides is 1. The van der Waals surface area contributed by atoms with Gasteiger partial charge in [0.05, 0.1) is 0 Å². The number of nitrogens with two attached hydrogens (primary N) is 1. The quantitative estimate of drug-likeness (QED) is 0.475. The van der Waals surface area contributed by atoms with E-state index in [0.29, 0.717) is 18.8 Å². The maximum atomic E-state index is 14.3. The first-order valence-corrected chi connectivity index (χ1v) is 8.94. The lowest BCUT2D eigenvalue weighted by molar-refractivity contribution is -0.153. The number of aliphatic hydroxyl groups is 2. The number of hydrogen-bond donors (Lipinski definition) is 3. The van der Waals surface area contributed by atoms with Gasteiger partial charge in [-0.15, -0.1) is 0 Å². The van der Waals surface area contributed by atoms with Gasteiger partial charge < -0.3 is 15.9 Å². The highest BCUT2D eigenvalue weighted by Gasteiger charge is 2.56. The van der Waals surface area contributed by atoms with Gasteiger partial charge in [0, 0.05) is 24.3 Å². The molecule has 4 aliphatic rings. The highest BCUT2D eigenvalue weighted by molar-refractivity contribution is 5.38. The average Bonchev–Trinajstić information content (AvgIpc) is 2.71. The van der Waals surface area contributed by atoms with Gasteiger partial charge in [-0.3, -0.25) is 0 Å². The minimum Gasteiger partial charge on any atom is -0.362 e. The first-order chi connectivity index (χ1) is 10.7. The topological polar surface area (TPSA) is 66.5 Å². The Labute approximate surface area is 137 Å². The first kappa shape index (κ1) is 15.8. The molecule has 0 radical (unpaired) electrons. The summed E-state index contributed by atoms with van der Waals surface area (Å²) in [6, 6.07) is -0.374. The molecule has 0 aliphatic heterocycles. The van der Waals surface area contributed by atoms with Crippen molar-refractivity contribution in [1.82, 2.24) is 0 Å². The normalized spacial score (nSPS) is 51.2. The predicted octanol–water partition coefficient (Wildman–Crippen LogP) is 2.83. The van der Waals surface area contributed by atoms with Gasteiger partial charge in [-0.25, -0.2) is 4.39 Å². The van der Waals surface area contributed by atoms with Crippen molar-refractivity contribution < 1.29 is 14.6 Å². The zero-order valence-electron chi connectivity index (χ0n) is 14.1. The number of allylic oxidation sites excluding steroid dienone is 2. The third-order valence-electron chi connectivity index (χ3n) is 7.62. The van der Waals surface area contributed by atoms with Crippen molar-refractivity contribution in [3.8, 4) is 0 Å². The summed E-state index contributed by atoms with van der Waals surface area (Å²) in [4.78, 5) is 0. The summed E-state index contributed by atoms with van der Waals surface area (Å²) < 4.78 is 14.3. The fraction of sp³-hybridized carbons (Fsp3) is 0.789. The molecule has 0 amide bonds. The molecule has 4 aliphatic carbocycles. The molecule has 0 saturated heterocycles. The van der Waals surface area contributed by atoms with Crippen LogP contribution in [0.15, 0.2) is 23.3 Å². The van der Waals surface area contributed by atoms with Crippen molar-refractivity contribution in [2.75, 3.05) is 0 Å². The van der Waals surface area contributed by atoms with Gasteiger partial charge in [0.2, 0.25) is 0 Å². The van der Waals surface area contributed by atoms with Crippen LogP contribution in [0.5, 0.6) is 0 Å². The molecular formula is C19H28FNO2. The second kappa shape index (κ2) is 4.68. The SMILES string of the molecule is C[C@]12C=CC(O)(O)C[C@H]1CCC1=C3C[C@@H](F)[C@H](N)[C@@]3(C)CC[C@@H]12. The van der Waals surface area contributed by atoms with Crippen LogP contribution < -0.4 is 5.73 Å². The summed E-state index contributed by atoms with van der Waals surface area (Å²) in [6.07, 6.45) is 7.43. The Morgan fingerprint density at radius 3 is 2.70 bits per heavy atom. The fourth-order valence-corrected chi connectivity index (χ4v) is 6.05. The summed E-state index contributed by atoms with van der Waals surface area (Å²) in [5.74, 6) is -0.996. The molecule has 4 heteroatoms. The molecule has 2 fully saturated rings. The highest BCUT2D eigenvalue weighted by atomic mass is 19.1. The molecule has 128 valence electrons. The van der Waals surface area contributed by atoms with E-state index >= 15 is 0 Å². The van der Waals surface area contributed by atoms with Crippen LogP contribution >= 0.6 is 0 Å². The third kappa shape index (κ3) is 2.04. The van der Waals surface area contributed by atoms with E-state index in [2.05, 4.69) is 13.8 Å². The Kier molecular flexibility index (Phi) is 3.21. The van der Waals surface area contributed by atoms with E-state index < -0.39 is 12.0 Å². The van der Waals surface area contributed by atoms with Crippen molar-refractivity contribution >= 4 is 0 Å². The minimum absolute atomic E-state index is 0.0463. The first-order valence-electron chi connectivity index (χ1n) is 8.94. The van der Waals surface area contributed by atoms with E-state index in [-0.39, 0.29) is 22.8 Å².